The van der Waals surface area contributed by atoms with Gasteiger partial charge in [-0.2, -0.15) is 0 Å². The van der Waals surface area contributed by atoms with Crippen molar-refractivity contribution in [2.75, 3.05) is 14.2 Å². The molecule has 0 saturated heterocycles. The molecule has 2 aromatic heterocycles. The SMILES string of the molecule is COc1cc(C(=O)N(C(C)C)C(C)C)nc(-c2csc(CCCCC[C@H](C)O[Si](C(C)C)(C(C)C)C(C)C)n2)c1OC. The second kappa shape index (κ2) is 16.2. The van der Waals surface area contributed by atoms with E-state index in [2.05, 4.69) is 48.5 Å². The van der Waals surface area contributed by atoms with Crippen molar-refractivity contribution in [2.24, 2.45) is 0 Å². The Morgan fingerprint density at radius 1 is 0.857 bits per heavy atom. The van der Waals surface area contributed by atoms with Crippen LogP contribution in [0.15, 0.2) is 11.4 Å². The zero-order chi connectivity index (χ0) is 31.8. The quantitative estimate of drug-likeness (QED) is 0.130. The lowest BCUT2D eigenvalue weighted by Gasteiger charge is -2.44. The maximum Gasteiger partial charge on any atom is 0.273 e. The molecule has 0 radical (unpaired) electrons. The molecule has 1 amide bonds. The van der Waals surface area contributed by atoms with Crippen LogP contribution in [0.4, 0.5) is 0 Å². The van der Waals surface area contributed by atoms with Gasteiger partial charge in [-0.05, 0) is 70.5 Å². The van der Waals surface area contributed by atoms with E-state index in [0.717, 1.165) is 37.1 Å². The van der Waals surface area contributed by atoms with Gasteiger partial charge in [0.1, 0.15) is 17.1 Å². The Morgan fingerprint density at radius 3 is 1.95 bits per heavy atom. The molecule has 2 aromatic rings. The molecule has 0 aliphatic heterocycles. The first-order valence-electron chi connectivity index (χ1n) is 15.8. The van der Waals surface area contributed by atoms with Crippen molar-refractivity contribution >= 4 is 25.6 Å². The summed E-state index contributed by atoms with van der Waals surface area (Å²) in [6.07, 6.45) is 5.66. The third kappa shape index (κ3) is 8.56. The Balaban J connectivity index is 2.10. The van der Waals surface area contributed by atoms with Crippen molar-refractivity contribution in [3.63, 3.8) is 0 Å². The van der Waals surface area contributed by atoms with Gasteiger partial charge in [0.2, 0.25) is 8.32 Å². The van der Waals surface area contributed by atoms with Gasteiger partial charge in [0.05, 0.1) is 19.2 Å². The monoisotopic (exact) mass is 619 g/mol. The third-order valence-electron chi connectivity index (χ3n) is 8.34. The van der Waals surface area contributed by atoms with Crippen LogP contribution in [0.5, 0.6) is 11.5 Å². The van der Waals surface area contributed by atoms with Gasteiger partial charge in [-0.15, -0.1) is 11.3 Å². The summed E-state index contributed by atoms with van der Waals surface area (Å²) < 4.78 is 18.2. The molecule has 0 aliphatic carbocycles. The fraction of sp³-hybridized carbons (Fsp3) is 0.727. The van der Waals surface area contributed by atoms with Gasteiger partial charge in [0.25, 0.3) is 5.91 Å². The van der Waals surface area contributed by atoms with Crippen LogP contribution >= 0.6 is 11.3 Å². The molecular weight excluding hydrogens is 563 g/mol. The molecule has 0 bridgehead atoms. The number of thiazole rings is 1. The third-order valence-corrected chi connectivity index (χ3v) is 15.5. The highest BCUT2D eigenvalue weighted by atomic mass is 32.1. The predicted octanol–water partition coefficient (Wildman–Crippen LogP) is 9.16. The Hall–Kier alpha value is -1.97. The first-order chi connectivity index (χ1) is 19.7. The first-order valence-corrected chi connectivity index (χ1v) is 18.8. The van der Waals surface area contributed by atoms with Gasteiger partial charge >= 0.3 is 0 Å². The molecule has 0 N–H and O–H groups in total. The van der Waals surface area contributed by atoms with Crippen LogP contribution in [0.25, 0.3) is 11.4 Å². The van der Waals surface area contributed by atoms with Crippen LogP contribution in [0.1, 0.15) is 117 Å². The van der Waals surface area contributed by atoms with Gasteiger partial charge in [0, 0.05) is 29.6 Å². The largest absolute Gasteiger partial charge is 0.493 e. The van der Waals surface area contributed by atoms with Gasteiger partial charge in [-0.3, -0.25) is 4.79 Å². The van der Waals surface area contributed by atoms with Crippen molar-refractivity contribution in [1.29, 1.82) is 0 Å². The molecule has 9 heteroatoms. The van der Waals surface area contributed by atoms with E-state index in [4.69, 9.17) is 23.9 Å². The molecule has 0 fully saturated rings. The number of aryl methyl sites for hydroxylation is 1. The normalized spacial score (nSPS) is 13.1. The van der Waals surface area contributed by atoms with E-state index in [1.165, 1.54) is 0 Å². The average molecular weight is 620 g/mol. The standard InChI is InChI=1S/C33H57N3O4SSi/c1-21(2)36(22(3)4)33(37)27-19-29(38-12)32(39-13)31(35-27)28-20-41-30(34-28)18-16-14-15-17-26(11)40-42(23(5)6,24(7)8)25(9)10/h19-26H,14-18H2,1-13H3/t26-/m0/s1. The summed E-state index contributed by atoms with van der Waals surface area (Å²) in [6.45, 7) is 24.4. The molecule has 1 atom stereocenters. The lowest BCUT2D eigenvalue weighted by molar-refractivity contribution is 0.0637. The molecule has 0 unspecified atom stereocenters. The van der Waals surface area contributed by atoms with E-state index >= 15 is 0 Å². The van der Waals surface area contributed by atoms with Crippen molar-refractivity contribution < 1.29 is 18.7 Å². The first kappa shape index (κ1) is 36.2. The van der Waals surface area contributed by atoms with E-state index in [1.807, 2.05) is 38.0 Å². The molecule has 0 aliphatic rings. The van der Waals surface area contributed by atoms with Gasteiger partial charge < -0.3 is 18.8 Å². The average Bonchev–Trinajstić information content (AvgIpc) is 3.38. The Bertz CT molecular complexity index is 1100. The number of aromatic nitrogens is 2. The van der Waals surface area contributed by atoms with E-state index in [0.29, 0.717) is 51.3 Å². The second-order valence-electron chi connectivity index (χ2n) is 13.0. The summed E-state index contributed by atoms with van der Waals surface area (Å²) in [5.74, 6) is 0.832. The lowest BCUT2D eigenvalue weighted by atomic mass is 10.1. The molecule has 0 aromatic carbocycles. The minimum atomic E-state index is -1.84. The molecule has 7 nitrogen and oxygen atoms in total. The number of rotatable bonds is 17. The smallest absolute Gasteiger partial charge is 0.273 e. The number of methoxy groups -OCH3 is 2. The summed E-state index contributed by atoms with van der Waals surface area (Å²) in [6, 6.07) is 1.75. The highest BCUT2D eigenvalue weighted by Gasteiger charge is 2.45. The summed E-state index contributed by atoms with van der Waals surface area (Å²) in [5, 5.41) is 3.06. The Morgan fingerprint density at radius 2 is 1.45 bits per heavy atom. The summed E-state index contributed by atoms with van der Waals surface area (Å²) in [5.41, 5.74) is 3.39. The summed E-state index contributed by atoms with van der Waals surface area (Å²) in [4.78, 5) is 24.9. The van der Waals surface area contributed by atoms with Crippen LogP contribution in [-0.2, 0) is 10.8 Å². The molecule has 2 rings (SSSR count). The Labute approximate surface area is 260 Å². The molecule has 0 saturated carbocycles. The summed E-state index contributed by atoms with van der Waals surface area (Å²) >= 11 is 1.63. The van der Waals surface area contributed by atoms with Crippen molar-refractivity contribution in [3.8, 4) is 22.9 Å². The highest BCUT2D eigenvalue weighted by molar-refractivity contribution is 7.09. The minimum Gasteiger partial charge on any atom is -0.493 e. The van der Waals surface area contributed by atoms with Gasteiger partial charge in [0.15, 0.2) is 11.5 Å². The van der Waals surface area contributed by atoms with Gasteiger partial charge in [-0.1, -0.05) is 54.4 Å². The summed E-state index contributed by atoms with van der Waals surface area (Å²) in [7, 11) is 1.32. The molecule has 238 valence electrons. The number of carbonyl (C=O) groups is 1. The fourth-order valence-corrected chi connectivity index (χ4v) is 13.0. The van der Waals surface area contributed by atoms with Gasteiger partial charge in [-0.25, -0.2) is 9.97 Å². The molecule has 42 heavy (non-hydrogen) atoms. The molecule has 0 spiro atoms. The van der Waals surface area contributed by atoms with Crippen LogP contribution < -0.4 is 9.47 Å². The molecule has 2 heterocycles. The van der Waals surface area contributed by atoms with Crippen molar-refractivity contribution in [3.05, 3.63) is 22.1 Å². The zero-order valence-corrected chi connectivity index (χ0v) is 30.4. The van der Waals surface area contributed by atoms with Crippen molar-refractivity contribution in [2.45, 2.75) is 143 Å². The van der Waals surface area contributed by atoms with Crippen LogP contribution in [0.2, 0.25) is 16.6 Å². The van der Waals surface area contributed by atoms with Crippen LogP contribution in [-0.4, -0.2) is 61.5 Å². The number of nitrogens with zero attached hydrogens (tertiary/aromatic N) is 3. The van der Waals surface area contributed by atoms with E-state index < -0.39 is 8.32 Å². The van der Waals surface area contributed by atoms with Crippen molar-refractivity contribution in [1.82, 2.24) is 14.9 Å². The fourth-order valence-electron chi connectivity index (χ4n) is 6.57. The second-order valence-corrected chi connectivity index (χ2v) is 19.3. The Kier molecular flexibility index (Phi) is 14.0. The van der Waals surface area contributed by atoms with Crippen LogP contribution in [0.3, 0.4) is 0 Å². The number of unbranched alkanes of at least 4 members (excludes halogenated alkanes) is 2. The predicted molar refractivity (Wildman–Crippen MR) is 179 cm³/mol. The number of hydrogen-bond acceptors (Lipinski definition) is 7. The van der Waals surface area contributed by atoms with E-state index in [9.17, 15) is 4.79 Å². The number of ether oxygens (including phenoxy) is 2. The van der Waals surface area contributed by atoms with E-state index in [-0.39, 0.29) is 18.0 Å². The zero-order valence-electron chi connectivity index (χ0n) is 28.5. The number of pyridine rings is 1. The number of amides is 1. The minimum absolute atomic E-state index is 0.0431. The van der Waals surface area contributed by atoms with Crippen LogP contribution in [0, 0.1) is 0 Å². The number of carbonyl (C=O) groups excluding carboxylic acids is 1. The molecular formula is C33H57N3O4SSi. The topological polar surface area (TPSA) is 73.8 Å². The maximum absolute atomic E-state index is 13.5. The maximum atomic E-state index is 13.5. The van der Waals surface area contributed by atoms with E-state index in [1.54, 1.807) is 31.6 Å². The highest BCUT2D eigenvalue weighted by Crippen LogP contribution is 2.43. The lowest BCUT2D eigenvalue weighted by Crippen LogP contribution is -2.49. The number of hydrogen-bond donors (Lipinski definition) is 0.